The number of aromatic nitrogens is 2. The van der Waals surface area contributed by atoms with E-state index in [9.17, 15) is 4.57 Å². The van der Waals surface area contributed by atoms with Gasteiger partial charge in [0.05, 0.1) is 22.6 Å². The van der Waals surface area contributed by atoms with Crippen LogP contribution in [0.2, 0.25) is 10.0 Å². The van der Waals surface area contributed by atoms with Crippen LogP contribution in [-0.4, -0.2) is 40.8 Å². The molecule has 2 heterocycles. The molecular weight excluding hydrogens is 476 g/mol. The van der Waals surface area contributed by atoms with Gasteiger partial charge in [-0.3, -0.25) is 0 Å². The molecular formula is C24H28Cl2N5OP. The Morgan fingerprint density at radius 3 is 2.55 bits per heavy atom. The van der Waals surface area contributed by atoms with Gasteiger partial charge in [0, 0.05) is 30.7 Å². The first kappa shape index (κ1) is 24.0. The van der Waals surface area contributed by atoms with Crippen LogP contribution in [0, 0.1) is 0 Å². The molecule has 4 rings (SSSR count). The fraction of sp³-hybridized carbons (Fsp3) is 0.333. The van der Waals surface area contributed by atoms with Crippen LogP contribution >= 0.6 is 30.3 Å². The maximum Gasteiger partial charge on any atom is 0.229 e. The normalized spacial score (nSPS) is 14.1. The summed E-state index contributed by atoms with van der Waals surface area (Å²) in [6, 6.07) is 11.7. The molecule has 2 N–H and O–H groups in total. The minimum Gasteiger partial charge on any atom is -0.338 e. The quantitative estimate of drug-likeness (QED) is 0.369. The minimum atomic E-state index is -2.50. The van der Waals surface area contributed by atoms with Gasteiger partial charge >= 0.3 is 0 Å². The Hall–Kier alpha value is -2.11. The van der Waals surface area contributed by atoms with Crippen molar-refractivity contribution in [2.45, 2.75) is 26.8 Å². The maximum absolute atomic E-state index is 13.4. The van der Waals surface area contributed by atoms with E-state index in [4.69, 9.17) is 23.2 Å². The van der Waals surface area contributed by atoms with Crippen molar-refractivity contribution in [2.75, 3.05) is 36.5 Å². The predicted octanol–water partition coefficient (Wildman–Crippen LogP) is 6.29. The molecule has 0 unspecified atom stereocenters. The van der Waals surface area contributed by atoms with Gasteiger partial charge in [-0.25, -0.2) is 4.98 Å². The van der Waals surface area contributed by atoms with E-state index in [2.05, 4.69) is 38.6 Å². The van der Waals surface area contributed by atoms with Crippen LogP contribution in [0.4, 0.5) is 23.1 Å². The third-order valence-electron chi connectivity index (χ3n) is 6.10. The van der Waals surface area contributed by atoms with Crippen molar-refractivity contribution in [1.29, 1.82) is 0 Å². The number of anilines is 4. The lowest BCUT2D eigenvalue weighted by molar-refractivity contribution is 0.313. The second-order valence-corrected chi connectivity index (χ2v) is 12.6. The van der Waals surface area contributed by atoms with Gasteiger partial charge < -0.3 is 20.1 Å². The SMILES string of the molecule is CCP(=O)(CC)c1ccccc1Nc1nc(Nc2cc3c(cc2Cl)CN(C)CC3)ncc1Cl. The smallest absolute Gasteiger partial charge is 0.229 e. The summed E-state index contributed by atoms with van der Waals surface area (Å²) >= 11 is 13.0. The molecule has 1 aliphatic rings. The summed E-state index contributed by atoms with van der Waals surface area (Å²) in [5.41, 5.74) is 4.02. The molecule has 0 radical (unpaired) electrons. The van der Waals surface area contributed by atoms with Gasteiger partial charge in [0.15, 0.2) is 5.82 Å². The van der Waals surface area contributed by atoms with Crippen molar-refractivity contribution in [3.63, 3.8) is 0 Å². The summed E-state index contributed by atoms with van der Waals surface area (Å²) in [7, 11) is -0.390. The molecule has 3 aromatic rings. The summed E-state index contributed by atoms with van der Waals surface area (Å²) in [6.45, 7) is 5.82. The first-order valence-corrected chi connectivity index (χ1v) is 13.9. The van der Waals surface area contributed by atoms with E-state index < -0.39 is 7.14 Å². The molecule has 6 nitrogen and oxygen atoms in total. The molecule has 1 aromatic heterocycles. The van der Waals surface area contributed by atoms with Crippen LogP contribution in [0.1, 0.15) is 25.0 Å². The Balaban J connectivity index is 1.63. The van der Waals surface area contributed by atoms with Crippen LogP contribution in [-0.2, 0) is 17.5 Å². The summed E-state index contributed by atoms with van der Waals surface area (Å²) in [6.07, 6.45) is 3.71. The zero-order valence-electron chi connectivity index (χ0n) is 19.0. The Labute approximate surface area is 205 Å². The minimum absolute atomic E-state index is 0.373. The lowest BCUT2D eigenvalue weighted by Gasteiger charge is -2.26. The highest BCUT2D eigenvalue weighted by Gasteiger charge is 2.24. The molecule has 0 aliphatic carbocycles. The van der Waals surface area contributed by atoms with Crippen LogP contribution in [0.15, 0.2) is 42.6 Å². The van der Waals surface area contributed by atoms with Gasteiger partial charge in [0.25, 0.3) is 0 Å². The monoisotopic (exact) mass is 503 g/mol. The number of fused-ring (bicyclic) bond motifs is 1. The zero-order chi connectivity index (χ0) is 23.6. The maximum atomic E-state index is 13.4. The third kappa shape index (κ3) is 5.20. The number of likely N-dealkylation sites (N-methyl/N-ethyl adjacent to an activating group) is 1. The van der Waals surface area contributed by atoms with E-state index in [1.165, 1.54) is 11.1 Å². The average Bonchev–Trinajstić information content (AvgIpc) is 2.81. The van der Waals surface area contributed by atoms with Crippen molar-refractivity contribution in [3.05, 3.63) is 63.8 Å². The Morgan fingerprint density at radius 1 is 1.03 bits per heavy atom. The van der Waals surface area contributed by atoms with Crippen molar-refractivity contribution in [1.82, 2.24) is 14.9 Å². The molecule has 9 heteroatoms. The number of rotatable bonds is 7. The largest absolute Gasteiger partial charge is 0.338 e. The van der Waals surface area contributed by atoms with Crippen LogP contribution in [0.3, 0.4) is 0 Å². The fourth-order valence-electron chi connectivity index (χ4n) is 4.08. The number of hydrogen-bond donors (Lipinski definition) is 2. The van der Waals surface area contributed by atoms with Gasteiger partial charge in [-0.15, -0.1) is 0 Å². The standard InChI is InChI=1S/C24H28Cl2N5OP/c1-4-33(32,5-2)22-9-7-6-8-20(22)28-23-19(26)14-27-24(30-23)29-21-13-16-10-11-31(3)15-17(16)12-18(21)25/h6-9,12-14H,4-5,10-11,15H2,1-3H3,(H2,27,28,29,30). The lowest BCUT2D eigenvalue weighted by Crippen LogP contribution is -2.26. The molecule has 0 fully saturated rings. The molecule has 0 saturated carbocycles. The van der Waals surface area contributed by atoms with Gasteiger partial charge in [-0.05, 0) is 48.9 Å². The molecule has 174 valence electrons. The topological polar surface area (TPSA) is 70.2 Å². The lowest BCUT2D eigenvalue weighted by atomic mass is 9.99. The number of nitrogens with zero attached hydrogens (tertiary/aromatic N) is 3. The molecule has 1 aliphatic heterocycles. The van der Waals surface area contributed by atoms with Crippen LogP contribution in [0.25, 0.3) is 0 Å². The zero-order valence-corrected chi connectivity index (χ0v) is 21.4. The highest BCUT2D eigenvalue weighted by molar-refractivity contribution is 7.71. The van der Waals surface area contributed by atoms with Crippen molar-refractivity contribution in [2.24, 2.45) is 0 Å². The van der Waals surface area contributed by atoms with Gasteiger partial charge in [0.1, 0.15) is 12.2 Å². The third-order valence-corrected chi connectivity index (χ3v) is 10.0. The highest BCUT2D eigenvalue weighted by Crippen LogP contribution is 2.46. The summed E-state index contributed by atoms with van der Waals surface area (Å²) in [5.74, 6) is 0.819. The highest BCUT2D eigenvalue weighted by atomic mass is 35.5. The molecule has 0 atom stereocenters. The second-order valence-electron chi connectivity index (χ2n) is 8.27. The van der Waals surface area contributed by atoms with Crippen molar-refractivity contribution in [3.8, 4) is 0 Å². The van der Waals surface area contributed by atoms with E-state index >= 15 is 0 Å². The first-order chi connectivity index (χ1) is 15.8. The van der Waals surface area contributed by atoms with Crippen LogP contribution < -0.4 is 15.9 Å². The molecule has 33 heavy (non-hydrogen) atoms. The Morgan fingerprint density at radius 2 is 1.79 bits per heavy atom. The van der Waals surface area contributed by atoms with Gasteiger partial charge in [-0.1, -0.05) is 49.2 Å². The Bertz CT molecular complexity index is 1210. The number of halogens is 2. The van der Waals surface area contributed by atoms with Crippen LogP contribution in [0.5, 0.6) is 0 Å². The van der Waals surface area contributed by atoms with Gasteiger partial charge in [-0.2, -0.15) is 4.98 Å². The molecule has 2 aromatic carbocycles. The number of hydrogen-bond acceptors (Lipinski definition) is 6. The molecule has 0 amide bonds. The van der Waals surface area contributed by atoms with Gasteiger partial charge in [0.2, 0.25) is 5.95 Å². The summed E-state index contributed by atoms with van der Waals surface area (Å²) < 4.78 is 13.4. The van der Waals surface area contributed by atoms with E-state index in [-0.39, 0.29) is 0 Å². The average molecular weight is 504 g/mol. The first-order valence-electron chi connectivity index (χ1n) is 11.1. The van der Waals surface area contributed by atoms with E-state index in [1.54, 1.807) is 6.20 Å². The summed E-state index contributed by atoms with van der Waals surface area (Å²) in [5, 5.41) is 8.31. The predicted molar refractivity (Wildman–Crippen MR) is 140 cm³/mol. The van der Waals surface area contributed by atoms with Crippen molar-refractivity contribution >= 4 is 58.8 Å². The molecule has 0 bridgehead atoms. The number of para-hydroxylation sites is 1. The Kier molecular flexibility index (Phi) is 7.30. The van der Waals surface area contributed by atoms with Crippen molar-refractivity contribution < 1.29 is 4.57 Å². The summed E-state index contributed by atoms with van der Waals surface area (Å²) in [4.78, 5) is 11.2. The number of benzene rings is 2. The van der Waals surface area contributed by atoms with E-state index in [0.29, 0.717) is 34.1 Å². The van der Waals surface area contributed by atoms with E-state index in [0.717, 1.165) is 36.2 Å². The molecule has 0 saturated heterocycles. The fourth-order valence-corrected chi connectivity index (χ4v) is 6.51. The molecule has 0 spiro atoms. The number of nitrogens with one attached hydrogen (secondary N) is 2. The van der Waals surface area contributed by atoms with E-state index in [1.807, 2.05) is 44.2 Å². The second kappa shape index (κ2) is 10.0.